The van der Waals surface area contributed by atoms with Crippen LogP contribution in [0.4, 0.5) is 0 Å². The molecule has 0 bridgehead atoms. The number of amides is 1. The molecule has 7 nitrogen and oxygen atoms in total. The summed E-state index contributed by atoms with van der Waals surface area (Å²) in [4.78, 5) is 19.6. The summed E-state index contributed by atoms with van der Waals surface area (Å²) in [7, 11) is 0. The van der Waals surface area contributed by atoms with Crippen molar-refractivity contribution < 1.29 is 9.21 Å². The van der Waals surface area contributed by atoms with Crippen LogP contribution in [0.3, 0.4) is 0 Å². The molecule has 1 aliphatic carbocycles. The van der Waals surface area contributed by atoms with Gasteiger partial charge in [0.2, 0.25) is 0 Å². The first-order valence-electron chi connectivity index (χ1n) is 10.1. The molecule has 5 rings (SSSR count). The lowest BCUT2D eigenvalue weighted by Crippen LogP contribution is -2.40. The first-order chi connectivity index (χ1) is 13.7. The van der Waals surface area contributed by atoms with Crippen molar-refractivity contribution in [2.75, 3.05) is 13.1 Å². The summed E-state index contributed by atoms with van der Waals surface area (Å²) >= 11 is 0. The van der Waals surface area contributed by atoms with Gasteiger partial charge in [-0.3, -0.25) is 9.89 Å². The van der Waals surface area contributed by atoms with Gasteiger partial charge in [-0.05, 0) is 50.7 Å². The maximum Gasteiger partial charge on any atom is 0.274 e. The highest BCUT2D eigenvalue weighted by Gasteiger charge is 2.30. The Labute approximate surface area is 163 Å². The largest absolute Gasteiger partial charge is 0.460 e. The number of likely N-dealkylation sites (tertiary alicyclic amines) is 1. The van der Waals surface area contributed by atoms with E-state index >= 15 is 0 Å². The summed E-state index contributed by atoms with van der Waals surface area (Å²) < 4.78 is 7.91. The van der Waals surface area contributed by atoms with Gasteiger partial charge >= 0.3 is 0 Å². The van der Waals surface area contributed by atoms with Gasteiger partial charge in [0, 0.05) is 44.0 Å². The SMILES string of the molecule is Cc1ccc(-c2cc(C(=O)N3CCC[C@@H](c4nccn4CC4CC4)C3)n[nH]2)o1. The highest BCUT2D eigenvalue weighted by Crippen LogP contribution is 2.33. The zero-order chi connectivity index (χ0) is 19.1. The van der Waals surface area contributed by atoms with E-state index in [0.29, 0.717) is 18.0 Å². The van der Waals surface area contributed by atoms with Gasteiger partial charge in [0.1, 0.15) is 17.3 Å². The third-order valence-electron chi connectivity index (χ3n) is 5.78. The van der Waals surface area contributed by atoms with Crippen molar-refractivity contribution in [3.8, 4) is 11.5 Å². The van der Waals surface area contributed by atoms with E-state index in [-0.39, 0.29) is 11.8 Å². The molecule has 0 spiro atoms. The minimum atomic E-state index is -0.0317. The van der Waals surface area contributed by atoms with Crippen LogP contribution in [0.2, 0.25) is 0 Å². The number of aromatic nitrogens is 4. The van der Waals surface area contributed by atoms with Crippen molar-refractivity contribution in [1.29, 1.82) is 0 Å². The number of nitrogens with zero attached hydrogens (tertiary/aromatic N) is 4. The number of furan rings is 1. The van der Waals surface area contributed by atoms with Crippen LogP contribution in [0.5, 0.6) is 0 Å². The lowest BCUT2D eigenvalue weighted by Gasteiger charge is -2.32. The molecule has 3 aromatic rings. The molecule has 7 heteroatoms. The second-order valence-corrected chi connectivity index (χ2v) is 8.05. The number of H-pyrrole nitrogens is 1. The van der Waals surface area contributed by atoms with E-state index in [0.717, 1.165) is 49.1 Å². The van der Waals surface area contributed by atoms with Crippen LogP contribution in [0.15, 0.2) is 35.0 Å². The summed E-state index contributed by atoms with van der Waals surface area (Å²) in [5.41, 5.74) is 1.16. The monoisotopic (exact) mass is 379 g/mol. The standard InChI is InChI=1S/C21H25N5O2/c1-14-4-7-19(28-14)17-11-18(24-23-17)21(27)26-9-2-3-16(13-26)20-22-8-10-25(20)12-15-5-6-15/h4,7-8,10-11,15-16H,2-3,5-6,9,12-13H2,1H3,(H,23,24)/t16-/m1/s1. The van der Waals surface area contributed by atoms with Crippen LogP contribution in [0, 0.1) is 12.8 Å². The van der Waals surface area contributed by atoms with Gasteiger partial charge in [-0.25, -0.2) is 4.98 Å². The summed E-state index contributed by atoms with van der Waals surface area (Å²) in [6, 6.07) is 5.56. The molecule has 1 saturated heterocycles. The van der Waals surface area contributed by atoms with Crippen LogP contribution < -0.4 is 0 Å². The van der Waals surface area contributed by atoms with Crippen LogP contribution in [-0.4, -0.2) is 43.6 Å². The molecule has 4 heterocycles. The number of carbonyl (C=O) groups is 1. The van der Waals surface area contributed by atoms with Gasteiger partial charge in [0.15, 0.2) is 11.5 Å². The van der Waals surface area contributed by atoms with E-state index < -0.39 is 0 Å². The number of piperidine rings is 1. The highest BCUT2D eigenvalue weighted by atomic mass is 16.3. The number of hydrogen-bond donors (Lipinski definition) is 1. The minimum Gasteiger partial charge on any atom is -0.460 e. The number of imidazole rings is 1. The van der Waals surface area contributed by atoms with Gasteiger partial charge in [-0.15, -0.1) is 0 Å². The number of rotatable bonds is 5. The molecule has 1 amide bonds. The second kappa shape index (κ2) is 6.96. The summed E-state index contributed by atoms with van der Waals surface area (Å²) in [5, 5.41) is 7.16. The molecule has 28 heavy (non-hydrogen) atoms. The van der Waals surface area contributed by atoms with Crippen LogP contribution >= 0.6 is 0 Å². The fourth-order valence-corrected chi connectivity index (χ4v) is 4.08. The summed E-state index contributed by atoms with van der Waals surface area (Å²) in [6.45, 7) is 4.42. The first kappa shape index (κ1) is 17.3. The average Bonchev–Trinajstić information content (AvgIpc) is 3.10. The summed E-state index contributed by atoms with van der Waals surface area (Å²) in [6.07, 6.45) is 8.68. The Balaban J connectivity index is 1.30. The molecule has 0 unspecified atom stereocenters. The molecular formula is C21H25N5O2. The molecule has 2 fully saturated rings. The fourth-order valence-electron chi connectivity index (χ4n) is 4.08. The zero-order valence-corrected chi connectivity index (χ0v) is 16.1. The number of aryl methyl sites for hydroxylation is 1. The third-order valence-corrected chi connectivity index (χ3v) is 5.78. The second-order valence-electron chi connectivity index (χ2n) is 8.05. The topological polar surface area (TPSA) is 80.0 Å². The van der Waals surface area contributed by atoms with Crippen molar-refractivity contribution in [2.45, 2.75) is 45.1 Å². The average molecular weight is 379 g/mol. The van der Waals surface area contributed by atoms with Crippen molar-refractivity contribution in [2.24, 2.45) is 5.92 Å². The van der Waals surface area contributed by atoms with Crippen LogP contribution in [0.25, 0.3) is 11.5 Å². The predicted molar refractivity (Wildman–Crippen MR) is 104 cm³/mol. The van der Waals surface area contributed by atoms with E-state index in [4.69, 9.17) is 4.42 Å². The molecule has 146 valence electrons. The first-order valence-corrected chi connectivity index (χ1v) is 10.1. The van der Waals surface area contributed by atoms with Crippen molar-refractivity contribution in [1.82, 2.24) is 24.6 Å². The minimum absolute atomic E-state index is 0.0317. The quantitative estimate of drug-likeness (QED) is 0.734. The predicted octanol–water partition coefficient (Wildman–Crippen LogP) is 3.60. The van der Waals surface area contributed by atoms with Crippen molar-refractivity contribution >= 4 is 5.91 Å². The van der Waals surface area contributed by atoms with Gasteiger partial charge in [0.25, 0.3) is 5.91 Å². The number of carbonyl (C=O) groups excluding carboxylic acids is 1. The maximum atomic E-state index is 13.0. The highest BCUT2D eigenvalue weighted by molar-refractivity contribution is 5.93. The van der Waals surface area contributed by atoms with E-state index in [2.05, 4.69) is 25.9 Å². The zero-order valence-electron chi connectivity index (χ0n) is 16.1. The summed E-state index contributed by atoms with van der Waals surface area (Å²) in [5.74, 6) is 3.72. The van der Waals surface area contributed by atoms with Gasteiger partial charge < -0.3 is 13.9 Å². The molecule has 1 aliphatic heterocycles. The molecule has 3 aromatic heterocycles. The Morgan fingerprint density at radius 1 is 1.32 bits per heavy atom. The fraction of sp³-hybridized carbons (Fsp3) is 0.476. The Kier molecular flexibility index (Phi) is 4.30. The smallest absolute Gasteiger partial charge is 0.274 e. The number of aromatic amines is 1. The molecule has 2 aliphatic rings. The Morgan fingerprint density at radius 2 is 2.21 bits per heavy atom. The van der Waals surface area contributed by atoms with Gasteiger partial charge in [-0.1, -0.05) is 0 Å². The lowest BCUT2D eigenvalue weighted by atomic mass is 9.96. The van der Waals surface area contributed by atoms with E-state index in [1.54, 1.807) is 6.07 Å². The Bertz CT molecular complexity index is 981. The van der Waals surface area contributed by atoms with Crippen LogP contribution in [-0.2, 0) is 6.54 Å². The molecule has 0 aromatic carbocycles. The molecule has 1 atom stereocenters. The number of nitrogens with one attached hydrogen (secondary N) is 1. The molecule has 1 N–H and O–H groups in total. The van der Waals surface area contributed by atoms with Gasteiger partial charge in [0.05, 0.1) is 0 Å². The third kappa shape index (κ3) is 3.37. The Hall–Kier alpha value is -2.83. The van der Waals surface area contributed by atoms with E-state index in [1.165, 1.54) is 12.8 Å². The maximum absolute atomic E-state index is 13.0. The van der Waals surface area contributed by atoms with Crippen molar-refractivity contribution in [3.63, 3.8) is 0 Å². The van der Waals surface area contributed by atoms with Crippen molar-refractivity contribution in [3.05, 3.63) is 47.9 Å². The Morgan fingerprint density at radius 3 is 3.00 bits per heavy atom. The van der Waals surface area contributed by atoms with Gasteiger partial charge in [-0.2, -0.15) is 5.10 Å². The molecule has 1 saturated carbocycles. The lowest BCUT2D eigenvalue weighted by molar-refractivity contribution is 0.0697. The normalized spacial score (nSPS) is 19.9. The molecular weight excluding hydrogens is 354 g/mol. The van der Waals surface area contributed by atoms with E-state index in [1.807, 2.05) is 30.2 Å². The number of hydrogen-bond acceptors (Lipinski definition) is 4. The molecule has 0 radical (unpaired) electrons. The van der Waals surface area contributed by atoms with Crippen LogP contribution in [0.1, 0.15) is 53.7 Å². The van der Waals surface area contributed by atoms with E-state index in [9.17, 15) is 4.79 Å².